The van der Waals surface area contributed by atoms with Crippen LogP contribution in [0.15, 0.2) is 57.2 Å². The molecule has 0 saturated carbocycles. The van der Waals surface area contributed by atoms with Crippen molar-refractivity contribution in [2.75, 3.05) is 7.05 Å². The van der Waals surface area contributed by atoms with Gasteiger partial charge in [0.15, 0.2) is 0 Å². The number of hydrogen-bond donors (Lipinski definition) is 0. The van der Waals surface area contributed by atoms with E-state index in [4.69, 9.17) is 0 Å². The van der Waals surface area contributed by atoms with Crippen LogP contribution in [0, 0.1) is 10.1 Å². The molecule has 3 aromatic rings. The number of sulfonamides is 1. The Morgan fingerprint density at radius 1 is 1.36 bits per heavy atom. The van der Waals surface area contributed by atoms with Crippen LogP contribution in [0.2, 0.25) is 0 Å². The number of fused-ring (bicyclic) bond motifs is 1. The third-order valence-electron chi connectivity index (χ3n) is 4.12. The van der Waals surface area contributed by atoms with E-state index in [1.54, 1.807) is 29.8 Å². The van der Waals surface area contributed by atoms with Crippen LogP contribution in [0.4, 0.5) is 5.69 Å². The van der Waals surface area contributed by atoms with Crippen LogP contribution < -0.4 is 0 Å². The molecular formula is C17H16BrN5O4S. The number of hydrazone groups is 1. The summed E-state index contributed by atoms with van der Waals surface area (Å²) in [6, 6.07) is 7.44. The average Bonchev–Trinajstić information content (AvgIpc) is 3.07. The van der Waals surface area contributed by atoms with E-state index < -0.39 is 14.9 Å². The first-order chi connectivity index (χ1) is 13.2. The first-order valence-corrected chi connectivity index (χ1v) is 10.4. The van der Waals surface area contributed by atoms with Crippen molar-refractivity contribution in [1.29, 1.82) is 0 Å². The fourth-order valence-electron chi connectivity index (χ4n) is 2.60. The molecule has 0 atom stereocenters. The van der Waals surface area contributed by atoms with Crippen LogP contribution in [-0.4, -0.2) is 40.4 Å². The van der Waals surface area contributed by atoms with E-state index in [-0.39, 0.29) is 10.6 Å². The van der Waals surface area contributed by atoms with Crippen LogP contribution in [0.1, 0.15) is 18.2 Å². The minimum Gasteiger partial charge on any atom is -0.298 e. The predicted molar refractivity (Wildman–Crippen MR) is 108 cm³/mol. The summed E-state index contributed by atoms with van der Waals surface area (Å²) in [6.07, 6.45) is 5.13. The smallest absolute Gasteiger partial charge is 0.279 e. The summed E-state index contributed by atoms with van der Waals surface area (Å²) >= 11 is 3.37. The molecule has 0 amide bonds. The Bertz CT molecular complexity index is 1190. The monoisotopic (exact) mass is 465 g/mol. The summed E-state index contributed by atoms with van der Waals surface area (Å²) < 4.78 is 29.2. The largest absolute Gasteiger partial charge is 0.298 e. The Balaban J connectivity index is 1.98. The van der Waals surface area contributed by atoms with Gasteiger partial charge in [-0.3, -0.25) is 14.5 Å². The molecule has 3 rings (SSSR count). The first-order valence-electron chi connectivity index (χ1n) is 8.17. The van der Waals surface area contributed by atoms with Crippen molar-refractivity contribution in [2.45, 2.75) is 18.2 Å². The maximum Gasteiger partial charge on any atom is 0.279 e. The van der Waals surface area contributed by atoms with E-state index in [1.807, 2.05) is 6.07 Å². The molecule has 11 heteroatoms. The van der Waals surface area contributed by atoms with Gasteiger partial charge in [-0.05, 0) is 40.0 Å². The molecule has 0 bridgehead atoms. The Hall–Kier alpha value is -2.79. The number of hydrogen-bond acceptors (Lipinski definition) is 6. The molecule has 0 fully saturated rings. The Kier molecular flexibility index (Phi) is 5.47. The van der Waals surface area contributed by atoms with Gasteiger partial charge in [0.05, 0.1) is 27.9 Å². The van der Waals surface area contributed by atoms with Crippen molar-refractivity contribution in [3.8, 4) is 0 Å². The lowest BCUT2D eigenvalue weighted by Crippen LogP contribution is -2.23. The molecule has 0 aliphatic rings. The third kappa shape index (κ3) is 3.76. The molecule has 0 aliphatic carbocycles. The molecule has 146 valence electrons. The minimum absolute atomic E-state index is 0.135. The molecule has 2 aromatic heterocycles. The van der Waals surface area contributed by atoms with Gasteiger partial charge >= 0.3 is 0 Å². The number of nitro benzene ring substituents is 1. The number of nitrogens with zero attached hydrogens (tertiary/aromatic N) is 5. The summed E-state index contributed by atoms with van der Waals surface area (Å²) in [7, 11) is -2.78. The van der Waals surface area contributed by atoms with E-state index in [2.05, 4.69) is 26.0 Å². The standard InChI is InChI=1S/C17H16BrN5O4S/c1-3-12-4-6-14(23(24)25)8-16(12)28(26,27)21(2)20-10-15-9-19-17-7-5-13(18)11-22(15)17/h4-11H,3H2,1-2H3. The molecule has 0 saturated heterocycles. The van der Waals surface area contributed by atoms with E-state index >= 15 is 0 Å². The summed E-state index contributed by atoms with van der Waals surface area (Å²) in [5.41, 5.74) is 1.45. The molecule has 28 heavy (non-hydrogen) atoms. The lowest BCUT2D eigenvalue weighted by Gasteiger charge is -2.16. The van der Waals surface area contributed by atoms with Crippen LogP contribution in [0.3, 0.4) is 0 Å². The molecule has 0 N–H and O–H groups in total. The fourth-order valence-corrected chi connectivity index (χ4v) is 4.21. The van der Waals surface area contributed by atoms with Gasteiger partial charge in [-0.25, -0.2) is 4.98 Å². The molecule has 0 unspecified atom stereocenters. The van der Waals surface area contributed by atoms with Gasteiger partial charge in [0.2, 0.25) is 0 Å². The van der Waals surface area contributed by atoms with Crippen molar-refractivity contribution in [3.63, 3.8) is 0 Å². The zero-order valence-corrected chi connectivity index (χ0v) is 17.4. The van der Waals surface area contributed by atoms with Gasteiger partial charge < -0.3 is 0 Å². The van der Waals surface area contributed by atoms with Crippen LogP contribution in [-0.2, 0) is 16.4 Å². The minimum atomic E-state index is -4.06. The van der Waals surface area contributed by atoms with E-state index in [9.17, 15) is 18.5 Å². The van der Waals surface area contributed by atoms with E-state index in [1.165, 1.54) is 25.4 Å². The van der Waals surface area contributed by atoms with Crippen LogP contribution in [0.25, 0.3) is 5.65 Å². The SMILES string of the molecule is CCc1ccc([N+](=O)[O-])cc1S(=O)(=O)N(C)N=Cc1cnc2ccc(Br)cn12. The number of aryl methyl sites for hydroxylation is 1. The molecule has 0 aliphatic heterocycles. The molecule has 1 aromatic carbocycles. The number of aromatic nitrogens is 2. The molecule has 9 nitrogen and oxygen atoms in total. The number of nitro groups is 1. The average molecular weight is 466 g/mol. The van der Waals surface area contributed by atoms with Crippen molar-refractivity contribution >= 4 is 43.5 Å². The number of benzene rings is 1. The Morgan fingerprint density at radius 3 is 2.79 bits per heavy atom. The van der Waals surface area contributed by atoms with Crippen molar-refractivity contribution in [3.05, 3.63) is 68.6 Å². The van der Waals surface area contributed by atoms with Crippen molar-refractivity contribution in [2.24, 2.45) is 5.10 Å². The van der Waals surface area contributed by atoms with Gasteiger partial charge in [0.1, 0.15) is 5.65 Å². The van der Waals surface area contributed by atoms with Crippen LogP contribution >= 0.6 is 15.9 Å². The van der Waals surface area contributed by atoms with Crippen LogP contribution in [0.5, 0.6) is 0 Å². The second-order valence-corrected chi connectivity index (χ2v) is 8.68. The summed E-state index contributed by atoms with van der Waals surface area (Å²) in [6.45, 7) is 1.78. The highest BCUT2D eigenvalue weighted by Gasteiger charge is 2.25. The Labute approximate surface area is 169 Å². The van der Waals surface area contributed by atoms with Crippen molar-refractivity contribution in [1.82, 2.24) is 13.8 Å². The van der Waals surface area contributed by atoms with Gasteiger partial charge in [-0.1, -0.05) is 13.0 Å². The Morgan fingerprint density at radius 2 is 2.11 bits per heavy atom. The highest BCUT2D eigenvalue weighted by atomic mass is 79.9. The number of halogens is 1. The summed E-state index contributed by atoms with van der Waals surface area (Å²) in [4.78, 5) is 14.5. The second-order valence-electron chi connectivity index (χ2n) is 5.85. The van der Waals surface area contributed by atoms with Gasteiger partial charge in [-0.2, -0.15) is 17.9 Å². The first kappa shape index (κ1) is 20.0. The maximum absolute atomic E-state index is 12.9. The van der Waals surface area contributed by atoms with Gasteiger partial charge in [0.25, 0.3) is 15.7 Å². The highest BCUT2D eigenvalue weighted by Crippen LogP contribution is 2.25. The quantitative estimate of drug-likeness (QED) is 0.315. The van der Waals surface area contributed by atoms with Gasteiger partial charge in [-0.15, -0.1) is 0 Å². The predicted octanol–water partition coefficient (Wildman–Crippen LogP) is 3.22. The molecule has 0 spiro atoms. The number of pyridine rings is 1. The fraction of sp³-hybridized carbons (Fsp3) is 0.176. The lowest BCUT2D eigenvalue weighted by atomic mass is 10.1. The molecular weight excluding hydrogens is 450 g/mol. The lowest BCUT2D eigenvalue weighted by molar-refractivity contribution is -0.385. The zero-order chi connectivity index (χ0) is 20.5. The van der Waals surface area contributed by atoms with Crippen molar-refractivity contribution < 1.29 is 13.3 Å². The molecule has 2 heterocycles. The number of imidazole rings is 1. The number of non-ortho nitro benzene ring substituents is 1. The summed E-state index contributed by atoms with van der Waals surface area (Å²) in [5, 5.41) is 15.1. The maximum atomic E-state index is 12.9. The second kappa shape index (κ2) is 7.68. The third-order valence-corrected chi connectivity index (χ3v) is 6.31. The highest BCUT2D eigenvalue weighted by molar-refractivity contribution is 9.10. The topological polar surface area (TPSA) is 110 Å². The number of rotatable bonds is 6. The summed E-state index contributed by atoms with van der Waals surface area (Å²) in [5.74, 6) is 0. The van der Waals surface area contributed by atoms with Gasteiger partial charge in [0, 0.05) is 29.8 Å². The normalized spacial score (nSPS) is 12.0. The molecule has 0 radical (unpaired) electrons. The van der Waals surface area contributed by atoms with E-state index in [0.29, 0.717) is 23.3 Å². The van der Waals surface area contributed by atoms with E-state index in [0.717, 1.165) is 15.0 Å². The zero-order valence-electron chi connectivity index (χ0n) is 15.0.